The molecule has 1 aliphatic heterocycles. The number of hydrogen-bond acceptors (Lipinski definition) is 7. The number of amides is 1. The highest BCUT2D eigenvalue weighted by atomic mass is 32.1. The van der Waals surface area contributed by atoms with Gasteiger partial charge in [0.05, 0.1) is 32.9 Å². The smallest absolute Gasteiger partial charge is 0.341 e. The molecule has 2 heterocycles. The van der Waals surface area contributed by atoms with Crippen LogP contribution in [-0.4, -0.2) is 50.7 Å². The molecule has 29 heavy (non-hydrogen) atoms. The highest BCUT2D eigenvalue weighted by Gasteiger charge is 2.30. The lowest BCUT2D eigenvalue weighted by Crippen LogP contribution is -2.33. The summed E-state index contributed by atoms with van der Waals surface area (Å²) in [6, 6.07) is 7.46. The van der Waals surface area contributed by atoms with E-state index in [1.54, 1.807) is 32.6 Å². The fourth-order valence-corrected chi connectivity index (χ4v) is 4.38. The van der Waals surface area contributed by atoms with Crippen molar-refractivity contribution in [2.75, 3.05) is 39.2 Å². The Labute approximate surface area is 174 Å². The summed E-state index contributed by atoms with van der Waals surface area (Å²) < 4.78 is 15.9. The van der Waals surface area contributed by atoms with Crippen LogP contribution in [0.15, 0.2) is 29.6 Å². The first-order valence-corrected chi connectivity index (χ1v) is 10.5. The van der Waals surface area contributed by atoms with Gasteiger partial charge < -0.3 is 19.5 Å². The Hall–Kier alpha value is -2.58. The standard InChI is InChI=1S/C21H26N2O5S/c1-4-28-21(25)15-9-11-29-20(15)22-19(24)13-23-10-5-6-17(23)16-12-14(26-2)7-8-18(16)27-3/h7-9,11-12,17H,4-6,10,13H2,1-3H3,(H,22,24)/t17-/m0/s1. The third-order valence-corrected chi connectivity index (χ3v) is 5.75. The average molecular weight is 419 g/mol. The summed E-state index contributed by atoms with van der Waals surface area (Å²) in [4.78, 5) is 26.8. The molecule has 0 aliphatic carbocycles. The summed E-state index contributed by atoms with van der Waals surface area (Å²) in [5.74, 6) is 0.955. The van der Waals surface area contributed by atoms with Gasteiger partial charge >= 0.3 is 5.97 Å². The van der Waals surface area contributed by atoms with E-state index >= 15 is 0 Å². The number of nitrogens with one attached hydrogen (secondary N) is 1. The number of esters is 1. The summed E-state index contributed by atoms with van der Waals surface area (Å²) in [5, 5.41) is 5.14. The minimum Gasteiger partial charge on any atom is -0.497 e. The van der Waals surface area contributed by atoms with Crippen molar-refractivity contribution in [2.45, 2.75) is 25.8 Å². The second kappa shape index (κ2) is 9.76. The first-order chi connectivity index (χ1) is 14.1. The van der Waals surface area contributed by atoms with E-state index < -0.39 is 5.97 Å². The monoisotopic (exact) mass is 418 g/mol. The number of likely N-dealkylation sites (tertiary alicyclic amines) is 1. The Morgan fingerprint density at radius 2 is 2.07 bits per heavy atom. The van der Waals surface area contributed by atoms with Crippen LogP contribution in [0.2, 0.25) is 0 Å². The lowest BCUT2D eigenvalue weighted by atomic mass is 10.0. The molecule has 0 spiro atoms. The zero-order valence-electron chi connectivity index (χ0n) is 16.9. The molecule has 2 aromatic rings. The topological polar surface area (TPSA) is 77.1 Å². The van der Waals surface area contributed by atoms with E-state index in [0.717, 1.165) is 36.4 Å². The number of thiophene rings is 1. The van der Waals surface area contributed by atoms with E-state index in [9.17, 15) is 9.59 Å². The number of carbonyl (C=O) groups is 2. The van der Waals surface area contributed by atoms with Crippen LogP contribution in [-0.2, 0) is 9.53 Å². The Kier molecular flexibility index (Phi) is 7.11. The zero-order chi connectivity index (χ0) is 20.8. The second-order valence-electron chi connectivity index (χ2n) is 6.67. The molecule has 8 heteroatoms. The van der Waals surface area contributed by atoms with Crippen LogP contribution in [0.3, 0.4) is 0 Å². The van der Waals surface area contributed by atoms with Gasteiger partial charge in [0.25, 0.3) is 0 Å². The maximum absolute atomic E-state index is 12.7. The molecule has 1 aromatic carbocycles. The van der Waals surface area contributed by atoms with Gasteiger partial charge in [0.15, 0.2) is 0 Å². The van der Waals surface area contributed by atoms with Crippen molar-refractivity contribution in [3.05, 3.63) is 40.8 Å². The summed E-state index contributed by atoms with van der Waals surface area (Å²) in [5.41, 5.74) is 1.40. The fourth-order valence-electron chi connectivity index (χ4n) is 3.59. The molecule has 1 atom stereocenters. The number of ether oxygens (including phenoxy) is 3. The Morgan fingerprint density at radius 3 is 2.79 bits per heavy atom. The molecule has 1 aromatic heterocycles. The molecule has 0 unspecified atom stereocenters. The van der Waals surface area contributed by atoms with E-state index in [-0.39, 0.29) is 18.5 Å². The van der Waals surface area contributed by atoms with E-state index in [0.29, 0.717) is 17.2 Å². The predicted octanol–water partition coefficient (Wildman–Crippen LogP) is 3.72. The molecule has 1 saturated heterocycles. The number of hydrogen-bond donors (Lipinski definition) is 1. The Morgan fingerprint density at radius 1 is 1.24 bits per heavy atom. The highest BCUT2D eigenvalue weighted by Crippen LogP contribution is 2.38. The van der Waals surface area contributed by atoms with Gasteiger partial charge in [-0.05, 0) is 56.0 Å². The minimum absolute atomic E-state index is 0.0682. The van der Waals surface area contributed by atoms with Crippen molar-refractivity contribution in [1.29, 1.82) is 0 Å². The van der Waals surface area contributed by atoms with Gasteiger partial charge in [0.1, 0.15) is 16.5 Å². The molecular weight excluding hydrogens is 392 g/mol. The third kappa shape index (κ3) is 4.89. The third-order valence-electron chi connectivity index (χ3n) is 4.92. The van der Waals surface area contributed by atoms with Gasteiger partial charge in [-0.1, -0.05) is 0 Å². The van der Waals surface area contributed by atoms with Crippen molar-refractivity contribution in [3.63, 3.8) is 0 Å². The Balaban J connectivity index is 1.71. The van der Waals surface area contributed by atoms with Gasteiger partial charge in [0, 0.05) is 11.6 Å². The van der Waals surface area contributed by atoms with Crippen LogP contribution < -0.4 is 14.8 Å². The van der Waals surface area contributed by atoms with Gasteiger partial charge in [-0.15, -0.1) is 11.3 Å². The molecule has 0 bridgehead atoms. The Bertz CT molecular complexity index is 867. The van der Waals surface area contributed by atoms with Crippen molar-refractivity contribution in [1.82, 2.24) is 4.90 Å². The number of methoxy groups -OCH3 is 2. The number of carbonyl (C=O) groups excluding carboxylic acids is 2. The van der Waals surface area contributed by atoms with Crippen molar-refractivity contribution >= 4 is 28.2 Å². The van der Waals surface area contributed by atoms with E-state index in [2.05, 4.69) is 10.2 Å². The lowest BCUT2D eigenvalue weighted by molar-refractivity contribution is -0.117. The molecule has 1 amide bonds. The first-order valence-electron chi connectivity index (χ1n) is 9.57. The first kappa shape index (κ1) is 21.1. The summed E-state index contributed by atoms with van der Waals surface area (Å²) in [6.45, 7) is 3.08. The normalized spacial score (nSPS) is 16.4. The van der Waals surface area contributed by atoms with Crippen LogP contribution in [0.5, 0.6) is 11.5 Å². The molecule has 1 fully saturated rings. The molecule has 0 radical (unpaired) electrons. The van der Waals surface area contributed by atoms with Gasteiger partial charge in [-0.2, -0.15) is 0 Å². The lowest BCUT2D eigenvalue weighted by Gasteiger charge is -2.26. The van der Waals surface area contributed by atoms with Crippen molar-refractivity contribution in [2.24, 2.45) is 0 Å². The molecule has 1 N–H and O–H groups in total. The number of rotatable bonds is 8. The van der Waals surface area contributed by atoms with Crippen LogP contribution >= 0.6 is 11.3 Å². The predicted molar refractivity (Wildman–Crippen MR) is 112 cm³/mol. The minimum atomic E-state index is -0.427. The van der Waals surface area contributed by atoms with Crippen LogP contribution in [0.4, 0.5) is 5.00 Å². The summed E-state index contributed by atoms with van der Waals surface area (Å²) in [7, 11) is 3.28. The second-order valence-corrected chi connectivity index (χ2v) is 7.58. The average Bonchev–Trinajstić information content (AvgIpc) is 3.37. The number of nitrogens with zero attached hydrogens (tertiary/aromatic N) is 1. The molecular formula is C21H26N2O5S. The van der Waals surface area contributed by atoms with E-state index in [1.165, 1.54) is 11.3 Å². The molecule has 3 rings (SSSR count). The summed E-state index contributed by atoms with van der Waals surface area (Å²) in [6.07, 6.45) is 1.93. The van der Waals surface area contributed by atoms with E-state index in [1.807, 2.05) is 18.2 Å². The van der Waals surface area contributed by atoms with Crippen molar-refractivity contribution in [3.8, 4) is 11.5 Å². The van der Waals surface area contributed by atoms with Gasteiger partial charge in [0.2, 0.25) is 5.91 Å². The largest absolute Gasteiger partial charge is 0.497 e. The van der Waals surface area contributed by atoms with Gasteiger partial charge in [-0.3, -0.25) is 9.69 Å². The maximum atomic E-state index is 12.7. The summed E-state index contributed by atoms with van der Waals surface area (Å²) >= 11 is 1.31. The number of benzene rings is 1. The zero-order valence-corrected chi connectivity index (χ0v) is 17.7. The quantitative estimate of drug-likeness (QED) is 0.659. The molecule has 1 aliphatic rings. The van der Waals surface area contributed by atoms with E-state index in [4.69, 9.17) is 14.2 Å². The maximum Gasteiger partial charge on any atom is 0.341 e. The highest BCUT2D eigenvalue weighted by molar-refractivity contribution is 7.14. The van der Waals surface area contributed by atoms with Crippen LogP contribution in [0.1, 0.15) is 41.7 Å². The molecule has 0 saturated carbocycles. The SMILES string of the molecule is CCOC(=O)c1ccsc1NC(=O)CN1CCC[C@H]1c1cc(OC)ccc1OC. The van der Waals surface area contributed by atoms with Crippen LogP contribution in [0.25, 0.3) is 0 Å². The fraction of sp³-hybridized carbons (Fsp3) is 0.429. The van der Waals surface area contributed by atoms with Crippen molar-refractivity contribution < 1.29 is 23.8 Å². The molecule has 156 valence electrons. The number of anilines is 1. The van der Waals surface area contributed by atoms with Crippen LogP contribution in [0, 0.1) is 0 Å². The molecule has 7 nitrogen and oxygen atoms in total. The van der Waals surface area contributed by atoms with Gasteiger partial charge in [-0.25, -0.2) is 4.79 Å².